The van der Waals surface area contributed by atoms with Gasteiger partial charge in [-0.15, -0.1) is 5.10 Å². The highest BCUT2D eigenvalue weighted by Crippen LogP contribution is 2.11. The number of nitrogen functional groups attached to an aromatic ring is 1. The molecule has 0 saturated carbocycles. The minimum atomic E-state index is -0.614. The molecule has 0 aliphatic heterocycles. The minimum Gasteiger partial charge on any atom is -0.399 e. The van der Waals surface area contributed by atoms with E-state index in [1.165, 1.54) is 0 Å². The van der Waals surface area contributed by atoms with Crippen LogP contribution in [0.5, 0.6) is 0 Å². The third-order valence-electron chi connectivity index (χ3n) is 2.73. The summed E-state index contributed by atoms with van der Waals surface area (Å²) in [6, 6.07) is 7.37. The van der Waals surface area contributed by atoms with Gasteiger partial charge in [-0.3, -0.25) is 9.78 Å². The van der Waals surface area contributed by atoms with Crippen molar-refractivity contribution in [1.29, 1.82) is 0 Å². The quantitative estimate of drug-likeness (QED) is 0.675. The van der Waals surface area contributed by atoms with Gasteiger partial charge in [0.05, 0.1) is 0 Å². The Kier molecular flexibility index (Phi) is 3.65. The summed E-state index contributed by atoms with van der Waals surface area (Å²) in [7, 11) is 0. The molecule has 0 radical (unpaired) electrons. The van der Waals surface area contributed by atoms with Crippen LogP contribution in [0.4, 0.5) is 11.5 Å². The van der Waals surface area contributed by atoms with Crippen molar-refractivity contribution >= 4 is 11.5 Å². The number of hydrogen-bond donors (Lipinski definition) is 3. The van der Waals surface area contributed by atoms with Gasteiger partial charge in [-0.05, 0) is 24.6 Å². The number of benzene rings is 1. The molecular formula is C12H15N5O2. The van der Waals surface area contributed by atoms with Crippen molar-refractivity contribution in [2.45, 2.75) is 13.5 Å². The number of anilines is 2. The molecule has 19 heavy (non-hydrogen) atoms. The molecule has 100 valence electrons. The van der Waals surface area contributed by atoms with Crippen LogP contribution < -0.4 is 21.9 Å². The Balaban J connectivity index is 2.27. The summed E-state index contributed by atoms with van der Waals surface area (Å²) >= 11 is 0. The van der Waals surface area contributed by atoms with Crippen molar-refractivity contribution in [2.75, 3.05) is 17.2 Å². The minimum absolute atomic E-state index is 0.193. The van der Waals surface area contributed by atoms with E-state index >= 15 is 0 Å². The van der Waals surface area contributed by atoms with E-state index in [9.17, 15) is 9.59 Å². The van der Waals surface area contributed by atoms with Crippen LogP contribution >= 0.6 is 0 Å². The van der Waals surface area contributed by atoms with Crippen molar-refractivity contribution in [3.63, 3.8) is 0 Å². The molecule has 0 spiro atoms. The number of rotatable bonds is 4. The van der Waals surface area contributed by atoms with Crippen molar-refractivity contribution in [1.82, 2.24) is 15.2 Å². The third kappa shape index (κ3) is 3.01. The smallest absolute Gasteiger partial charge is 0.342 e. The Morgan fingerprint density at radius 3 is 2.53 bits per heavy atom. The number of H-pyrrole nitrogens is 2. The van der Waals surface area contributed by atoms with E-state index in [0.717, 1.165) is 5.56 Å². The zero-order valence-electron chi connectivity index (χ0n) is 10.5. The van der Waals surface area contributed by atoms with Gasteiger partial charge < -0.3 is 10.6 Å². The van der Waals surface area contributed by atoms with E-state index in [0.29, 0.717) is 18.8 Å². The van der Waals surface area contributed by atoms with Crippen LogP contribution in [0.15, 0.2) is 33.9 Å². The largest absolute Gasteiger partial charge is 0.399 e. The summed E-state index contributed by atoms with van der Waals surface area (Å²) < 4.78 is 0. The van der Waals surface area contributed by atoms with E-state index < -0.39 is 11.2 Å². The average molecular weight is 261 g/mol. The van der Waals surface area contributed by atoms with Gasteiger partial charge in [0.1, 0.15) is 0 Å². The number of aromatic amines is 2. The van der Waals surface area contributed by atoms with Gasteiger partial charge in [-0.1, -0.05) is 12.1 Å². The lowest BCUT2D eigenvalue weighted by atomic mass is 10.2. The molecule has 0 bridgehead atoms. The normalized spacial score (nSPS) is 10.4. The predicted molar refractivity (Wildman–Crippen MR) is 73.1 cm³/mol. The molecule has 2 rings (SSSR count). The number of nitrogens with two attached hydrogens (primary N) is 1. The molecular weight excluding hydrogens is 246 g/mol. The van der Waals surface area contributed by atoms with Gasteiger partial charge in [0.25, 0.3) is 5.56 Å². The molecule has 0 unspecified atom stereocenters. The van der Waals surface area contributed by atoms with E-state index in [1.807, 2.05) is 19.1 Å². The Labute approximate surface area is 109 Å². The van der Waals surface area contributed by atoms with E-state index in [-0.39, 0.29) is 5.82 Å². The highest BCUT2D eigenvalue weighted by atomic mass is 16.2. The van der Waals surface area contributed by atoms with Crippen LogP contribution in [-0.2, 0) is 6.54 Å². The summed E-state index contributed by atoms with van der Waals surface area (Å²) in [6.45, 7) is 3.01. The van der Waals surface area contributed by atoms with Crippen LogP contribution in [-0.4, -0.2) is 21.7 Å². The van der Waals surface area contributed by atoms with Gasteiger partial charge in [-0.25, -0.2) is 9.89 Å². The van der Waals surface area contributed by atoms with Crippen molar-refractivity contribution in [3.8, 4) is 0 Å². The number of aromatic nitrogens is 3. The molecule has 0 saturated heterocycles. The van der Waals surface area contributed by atoms with Gasteiger partial charge in [0.2, 0.25) is 5.82 Å². The fourth-order valence-electron chi connectivity index (χ4n) is 1.74. The first-order valence-corrected chi connectivity index (χ1v) is 5.88. The van der Waals surface area contributed by atoms with Crippen LogP contribution in [0.3, 0.4) is 0 Å². The first-order chi connectivity index (χ1) is 9.10. The van der Waals surface area contributed by atoms with Crippen LogP contribution in [0.2, 0.25) is 0 Å². The lowest BCUT2D eigenvalue weighted by molar-refractivity contribution is 0.765. The van der Waals surface area contributed by atoms with Crippen LogP contribution in [0.1, 0.15) is 12.5 Å². The maximum atomic E-state index is 11.7. The molecule has 0 fully saturated rings. The predicted octanol–water partition coefficient (Wildman–Crippen LogP) is 0.0669. The van der Waals surface area contributed by atoms with E-state index in [2.05, 4.69) is 15.2 Å². The molecule has 1 heterocycles. The Morgan fingerprint density at radius 1 is 1.26 bits per heavy atom. The molecule has 7 heteroatoms. The van der Waals surface area contributed by atoms with Crippen molar-refractivity contribution < 1.29 is 0 Å². The Morgan fingerprint density at radius 2 is 1.95 bits per heavy atom. The number of nitrogens with one attached hydrogen (secondary N) is 2. The van der Waals surface area contributed by atoms with E-state index in [1.54, 1.807) is 17.0 Å². The average Bonchev–Trinajstić information content (AvgIpc) is 2.39. The molecule has 1 aromatic carbocycles. The SMILES string of the molecule is CCN(Cc1ccc(N)cc1)c1n[nH]c(=O)[nH]c1=O. The lowest BCUT2D eigenvalue weighted by Gasteiger charge is -2.20. The maximum absolute atomic E-state index is 11.7. The summed E-state index contributed by atoms with van der Waals surface area (Å²) in [6.07, 6.45) is 0. The second kappa shape index (κ2) is 5.38. The standard InChI is InChI=1S/C12H15N5O2/c1-2-17(7-8-3-5-9(13)6-4-8)10-11(18)14-12(19)16-15-10/h3-6H,2,7,13H2,1H3,(H2,14,16,18,19). The molecule has 0 aliphatic rings. The summed E-state index contributed by atoms with van der Waals surface area (Å²) in [5.41, 5.74) is 6.20. The topological polar surface area (TPSA) is 108 Å². The van der Waals surface area contributed by atoms with Gasteiger partial charge in [-0.2, -0.15) is 0 Å². The van der Waals surface area contributed by atoms with E-state index in [4.69, 9.17) is 5.73 Å². The Bertz CT molecular complexity index is 659. The molecule has 4 N–H and O–H groups in total. The van der Waals surface area contributed by atoms with Crippen molar-refractivity contribution in [2.24, 2.45) is 0 Å². The fourth-order valence-corrected chi connectivity index (χ4v) is 1.74. The second-order valence-electron chi connectivity index (χ2n) is 4.09. The second-order valence-corrected chi connectivity index (χ2v) is 4.09. The zero-order chi connectivity index (χ0) is 13.8. The monoisotopic (exact) mass is 261 g/mol. The summed E-state index contributed by atoms with van der Waals surface area (Å²) in [5.74, 6) is 0.193. The molecule has 2 aromatic rings. The summed E-state index contributed by atoms with van der Waals surface area (Å²) in [5, 5.41) is 6.01. The van der Waals surface area contributed by atoms with Gasteiger partial charge in [0, 0.05) is 18.8 Å². The van der Waals surface area contributed by atoms with Crippen LogP contribution in [0, 0.1) is 0 Å². The van der Waals surface area contributed by atoms with Crippen LogP contribution in [0.25, 0.3) is 0 Å². The number of nitrogens with zero attached hydrogens (tertiary/aromatic N) is 2. The van der Waals surface area contributed by atoms with Crippen molar-refractivity contribution in [3.05, 3.63) is 50.7 Å². The molecule has 0 amide bonds. The lowest BCUT2D eigenvalue weighted by Crippen LogP contribution is -2.34. The maximum Gasteiger partial charge on any atom is 0.342 e. The molecule has 0 aliphatic carbocycles. The zero-order valence-corrected chi connectivity index (χ0v) is 10.5. The third-order valence-corrected chi connectivity index (χ3v) is 2.73. The molecule has 0 atom stereocenters. The molecule has 7 nitrogen and oxygen atoms in total. The summed E-state index contributed by atoms with van der Waals surface area (Å²) in [4.78, 5) is 26.5. The highest BCUT2D eigenvalue weighted by molar-refractivity contribution is 5.41. The first kappa shape index (κ1) is 12.9. The molecule has 1 aromatic heterocycles. The number of hydrogen-bond acceptors (Lipinski definition) is 5. The highest BCUT2D eigenvalue weighted by Gasteiger charge is 2.11. The van der Waals surface area contributed by atoms with Gasteiger partial charge >= 0.3 is 5.69 Å². The first-order valence-electron chi connectivity index (χ1n) is 5.88. The Hall–Kier alpha value is -2.57. The van der Waals surface area contributed by atoms with Gasteiger partial charge in [0.15, 0.2) is 0 Å². The fraction of sp³-hybridized carbons (Fsp3) is 0.250.